The van der Waals surface area contributed by atoms with Crippen molar-refractivity contribution in [1.82, 2.24) is 18.7 Å². The maximum Gasteiger partial charge on any atom is 0.217 e. The Morgan fingerprint density at radius 3 is 2.85 bits per heavy atom. The molecule has 8 heteroatoms. The number of nitrogens with zero attached hydrogens (tertiary/aromatic N) is 2. The van der Waals surface area contributed by atoms with E-state index in [9.17, 15) is 0 Å². The minimum absolute atomic E-state index is 0.519. The molecule has 0 bridgehead atoms. The maximum absolute atomic E-state index is 5.15. The molecule has 3 rings (SSSR count). The third-order valence-electron chi connectivity index (χ3n) is 1.67. The molecule has 0 unspecified atom stereocenters. The van der Waals surface area contributed by atoms with Crippen molar-refractivity contribution >= 4 is 61.4 Å². The Morgan fingerprint density at radius 2 is 2.15 bits per heavy atom. The van der Waals surface area contributed by atoms with Crippen molar-refractivity contribution in [1.29, 1.82) is 0 Å². The van der Waals surface area contributed by atoms with Gasteiger partial charge in [-0.25, -0.2) is 3.79 Å². The first kappa shape index (κ1) is 7.80. The van der Waals surface area contributed by atoms with Crippen LogP contribution in [0.3, 0.4) is 0 Å². The van der Waals surface area contributed by atoms with E-state index in [2.05, 4.69) is 15.0 Å². The first-order valence-electron chi connectivity index (χ1n) is 3.36. The molecule has 0 saturated carbocycles. The van der Waals surface area contributed by atoms with Gasteiger partial charge in [0.1, 0.15) is 10.2 Å². The number of nitrogens with one attached hydrogen (secondary N) is 2. The summed E-state index contributed by atoms with van der Waals surface area (Å²) in [6.45, 7) is 0. The molecule has 0 saturated heterocycles. The molecule has 4 nitrogen and oxygen atoms in total. The van der Waals surface area contributed by atoms with Gasteiger partial charge < -0.3 is 9.97 Å². The summed E-state index contributed by atoms with van der Waals surface area (Å²) in [5.74, 6) is 0. The maximum atomic E-state index is 5.15. The van der Waals surface area contributed by atoms with Crippen molar-refractivity contribution in [2.75, 3.05) is 0 Å². The smallest absolute Gasteiger partial charge is 0.217 e. The molecular weight excluding hydrogens is 244 g/mol. The van der Waals surface area contributed by atoms with Crippen LogP contribution in [-0.4, -0.2) is 18.7 Å². The van der Waals surface area contributed by atoms with E-state index < -0.39 is 0 Å². The van der Waals surface area contributed by atoms with Crippen LogP contribution in [0.1, 0.15) is 0 Å². The number of hydrogen-bond acceptors (Lipinski definition) is 5. The van der Waals surface area contributed by atoms with Crippen LogP contribution in [0.5, 0.6) is 0 Å². The highest BCUT2D eigenvalue weighted by Gasteiger charge is 2.09. The molecule has 66 valence electrons. The van der Waals surface area contributed by atoms with Gasteiger partial charge in [-0.05, 0) is 22.6 Å². The third kappa shape index (κ3) is 0.966. The zero-order chi connectivity index (χ0) is 9.00. The number of H-pyrrole nitrogens is 2. The number of aromatic nitrogens is 4. The second-order valence-electron chi connectivity index (χ2n) is 2.45. The van der Waals surface area contributed by atoms with Crippen LogP contribution in [0.2, 0.25) is 0 Å². The monoisotopic (exact) mass is 246 g/mol. The van der Waals surface area contributed by atoms with E-state index in [4.69, 9.17) is 24.4 Å². The summed E-state index contributed by atoms with van der Waals surface area (Å²) in [6.07, 6.45) is 0. The summed E-state index contributed by atoms with van der Waals surface area (Å²) in [5, 5.41) is 0. The highest BCUT2D eigenvalue weighted by Crippen LogP contribution is 2.26. The predicted molar refractivity (Wildman–Crippen MR) is 58.8 cm³/mol. The fourth-order valence-electron chi connectivity index (χ4n) is 1.14. The van der Waals surface area contributed by atoms with Gasteiger partial charge in [0.05, 0.1) is 0 Å². The molecule has 0 aromatic carbocycles. The van der Waals surface area contributed by atoms with Gasteiger partial charge in [-0.1, -0.05) is 12.2 Å². The van der Waals surface area contributed by atoms with Crippen LogP contribution in [0.15, 0.2) is 0 Å². The first-order chi connectivity index (χ1) is 6.25. The number of imidazole rings is 1. The summed E-state index contributed by atoms with van der Waals surface area (Å²) in [4.78, 5) is 11.1. The summed E-state index contributed by atoms with van der Waals surface area (Å²) in [7, 11) is 3.24. The fraction of sp³-hybridized carbons (Fsp3) is 0. The van der Waals surface area contributed by atoms with Crippen molar-refractivity contribution in [2.45, 2.75) is 0 Å². The van der Waals surface area contributed by atoms with E-state index in [1.807, 2.05) is 3.79 Å². The molecule has 0 aliphatic rings. The number of aromatic amines is 2. The van der Waals surface area contributed by atoms with Crippen molar-refractivity contribution in [3.05, 3.63) is 9.41 Å². The Bertz CT molecular complexity index is 691. The van der Waals surface area contributed by atoms with Gasteiger partial charge in [0.15, 0.2) is 10.4 Å². The van der Waals surface area contributed by atoms with Gasteiger partial charge >= 0.3 is 0 Å². The Balaban J connectivity index is 2.77. The predicted octanol–water partition coefficient (Wildman–Crippen LogP) is 2.73. The van der Waals surface area contributed by atoms with E-state index in [-0.39, 0.29) is 0 Å². The van der Waals surface area contributed by atoms with Crippen LogP contribution in [0.4, 0.5) is 0 Å². The summed E-state index contributed by atoms with van der Waals surface area (Å²) in [6, 6.07) is 0. The number of hydrogen-bond donors (Lipinski definition) is 2. The molecule has 0 aliphatic heterocycles. The van der Waals surface area contributed by atoms with E-state index in [1.54, 1.807) is 20.9 Å². The van der Waals surface area contributed by atoms with E-state index in [0.717, 1.165) is 16.1 Å². The Morgan fingerprint density at radius 1 is 1.31 bits per heavy atom. The molecule has 0 fully saturated rings. The lowest BCUT2D eigenvalue weighted by Crippen LogP contribution is -1.86. The lowest BCUT2D eigenvalue weighted by molar-refractivity contribution is 1.15. The molecule has 2 N–H and O–H groups in total. The quantitative estimate of drug-likeness (QED) is 0.473. The zero-order valence-corrected chi connectivity index (χ0v) is 9.29. The molecule has 3 heterocycles. The molecule has 13 heavy (non-hydrogen) atoms. The van der Waals surface area contributed by atoms with Crippen LogP contribution in [0.25, 0.3) is 16.1 Å². The number of fused-ring (bicyclic) bond motifs is 3. The van der Waals surface area contributed by atoms with E-state index in [0.29, 0.717) is 9.41 Å². The topological polar surface area (TPSA) is 48.9 Å². The van der Waals surface area contributed by atoms with Gasteiger partial charge in [-0.15, -0.1) is 0 Å². The summed E-state index contributed by atoms with van der Waals surface area (Å²) >= 11 is 10.1. The van der Waals surface area contributed by atoms with E-state index >= 15 is 0 Å². The second kappa shape index (κ2) is 2.47. The van der Waals surface area contributed by atoms with Crippen molar-refractivity contribution < 1.29 is 0 Å². The van der Waals surface area contributed by atoms with Gasteiger partial charge in [0, 0.05) is 10.5 Å². The Labute approximate surface area is 89.4 Å². The average molecular weight is 246 g/mol. The van der Waals surface area contributed by atoms with Gasteiger partial charge in [0.25, 0.3) is 0 Å². The molecule has 0 amide bonds. The van der Waals surface area contributed by atoms with Gasteiger partial charge in [-0.2, -0.15) is 4.98 Å². The minimum Gasteiger partial charge on any atom is -0.322 e. The molecule has 0 aliphatic carbocycles. The molecule has 0 spiro atoms. The van der Waals surface area contributed by atoms with Crippen LogP contribution in [-0.2, 0) is 0 Å². The first-order valence-corrected chi connectivity index (χ1v) is 6.28. The van der Waals surface area contributed by atoms with Crippen LogP contribution >= 0.6 is 45.3 Å². The van der Waals surface area contributed by atoms with Crippen molar-refractivity contribution in [3.63, 3.8) is 0 Å². The molecule has 0 atom stereocenters. The minimum atomic E-state index is 0.519. The normalized spacial score (nSPS) is 11.7. The molecule has 3 aromatic heterocycles. The van der Waals surface area contributed by atoms with Crippen LogP contribution < -0.4 is 0 Å². The van der Waals surface area contributed by atoms with E-state index in [1.165, 1.54) is 0 Å². The molecule has 3 aromatic rings. The zero-order valence-electron chi connectivity index (χ0n) is 6.03. The summed E-state index contributed by atoms with van der Waals surface area (Å²) in [5.41, 5.74) is 1.68. The standard InChI is InChI=1S/C5H2N4S4/c10-3-1-2(6-4(11)8-3)7-5-9(1)13-12-5/h(H2,6,8,10,11). The molecule has 0 radical (unpaired) electrons. The lowest BCUT2D eigenvalue weighted by atomic mass is 10.6. The Hall–Kier alpha value is -0.570. The largest absolute Gasteiger partial charge is 0.322 e. The van der Waals surface area contributed by atoms with Crippen molar-refractivity contribution in [3.8, 4) is 0 Å². The van der Waals surface area contributed by atoms with Gasteiger partial charge in [-0.3, -0.25) is 0 Å². The highest BCUT2D eigenvalue weighted by molar-refractivity contribution is 7.72. The Kier molecular flexibility index (Phi) is 1.48. The van der Waals surface area contributed by atoms with Crippen LogP contribution in [0, 0.1) is 9.41 Å². The third-order valence-corrected chi connectivity index (χ3v) is 4.40. The molecular formula is C5H2N4S4. The second-order valence-corrected chi connectivity index (χ2v) is 5.26. The highest BCUT2D eigenvalue weighted by atomic mass is 32.9. The fourth-order valence-corrected chi connectivity index (χ4v) is 3.46. The summed E-state index contributed by atoms with van der Waals surface area (Å²) < 4.78 is 3.15. The van der Waals surface area contributed by atoms with Gasteiger partial charge in [0.2, 0.25) is 4.96 Å². The SMILES string of the molecule is S=c1[nH]c(=S)c2c(nc3ssn32)[nH]1. The van der Waals surface area contributed by atoms with Crippen molar-refractivity contribution in [2.24, 2.45) is 0 Å². The average Bonchev–Trinajstić information content (AvgIpc) is 2.25. The number of rotatable bonds is 0. The lowest BCUT2D eigenvalue weighted by Gasteiger charge is -1.93.